The van der Waals surface area contributed by atoms with Crippen LogP contribution in [0, 0.1) is 0 Å². The lowest BCUT2D eigenvalue weighted by atomic mass is 10.1. The zero-order chi connectivity index (χ0) is 18.8. The molecule has 0 spiro atoms. The van der Waals surface area contributed by atoms with Gasteiger partial charge in [0.1, 0.15) is 6.61 Å². The molecule has 0 aliphatic rings. The van der Waals surface area contributed by atoms with Crippen LogP contribution in [0.1, 0.15) is 28.4 Å². The second-order valence-corrected chi connectivity index (χ2v) is 5.96. The topological polar surface area (TPSA) is 85.9 Å². The molecule has 0 saturated carbocycles. The highest BCUT2D eigenvalue weighted by Crippen LogP contribution is 2.10. The number of aliphatic imine (C=N–C) groups is 1. The fourth-order valence-corrected chi connectivity index (χ4v) is 2.37. The van der Waals surface area contributed by atoms with Crippen molar-refractivity contribution >= 4 is 11.9 Å². The Labute approximate surface area is 154 Å². The Bertz CT molecular complexity index is 732. The molecule has 0 heterocycles. The number of guanidine groups is 1. The van der Waals surface area contributed by atoms with Crippen LogP contribution in [-0.4, -0.2) is 31.7 Å². The van der Waals surface area contributed by atoms with Crippen molar-refractivity contribution < 1.29 is 14.3 Å². The molecule has 0 amide bonds. The lowest BCUT2D eigenvalue weighted by Gasteiger charge is -2.13. The molecule has 6 heteroatoms. The van der Waals surface area contributed by atoms with Gasteiger partial charge >= 0.3 is 5.97 Å². The van der Waals surface area contributed by atoms with Gasteiger partial charge in [0.05, 0.1) is 18.7 Å². The van der Waals surface area contributed by atoms with Crippen molar-refractivity contribution in [2.45, 2.75) is 26.1 Å². The van der Waals surface area contributed by atoms with Crippen LogP contribution in [0.4, 0.5) is 0 Å². The highest BCUT2D eigenvalue weighted by molar-refractivity contribution is 5.89. The maximum Gasteiger partial charge on any atom is 0.338 e. The van der Waals surface area contributed by atoms with Crippen LogP contribution in [-0.2, 0) is 22.6 Å². The van der Waals surface area contributed by atoms with E-state index in [1.54, 1.807) is 25.3 Å². The lowest BCUT2D eigenvalue weighted by Crippen LogP contribution is -2.40. The molecule has 0 saturated heterocycles. The van der Waals surface area contributed by atoms with Crippen molar-refractivity contribution in [3.63, 3.8) is 0 Å². The number of methoxy groups -OCH3 is 1. The van der Waals surface area contributed by atoms with Crippen LogP contribution in [0.25, 0.3) is 0 Å². The highest BCUT2D eigenvalue weighted by Gasteiger charge is 2.08. The van der Waals surface area contributed by atoms with Crippen LogP contribution in [0.2, 0.25) is 0 Å². The van der Waals surface area contributed by atoms with E-state index in [1.807, 2.05) is 43.3 Å². The first-order valence-electron chi connectivity index (χ1n) is 8.44. The van der Waals surface area contributed by atoms with E-state index in [2.05, 4.69) is 10.3 Å². The van der Waals surface area contributed by atoms with Crippen LogP contribution in [0.3, 0.4) is 0 Å². The Hall–Kier alpha value is -2.86. The maximum absolute atomic E-state index is 12.2. The molecule has 0 radical (unpaired) electrons. The molecule has 0 bridgehead atoms. The fraction of sp³-hybridized carbons (Fsp3) is 0.300. The molecule has 6 nitrogen and oxygen atoms in total. The predicted molar refractivity (Wildman–Crippen MR) is 102 cm³/mol. The normalized spacial score (nSPS) is 12.5. The minimum atomic E-state index is -0.362. The monoisotopic (exact) mass is 355 g/mol. The number of rotatable bonds is 8. The second-order valence-electron chi connectivity index (χ2n) is 5.96. The minimum absolute atomic E-state index is 0.0723. The molecule has 2 aromatic carbocycles. The van der Waals surface area contributed by atoms with E-state index >= 15 is 0 Å². The van der Waals surface area contributed by atoms with E-state index in [-0.39, 0.29) is 18.6 Å². The van der Waals surface area contributed by atoms with Gasteiger partial charge in [0, 0.05) is 13.2 Å². The summed E-state index contributed by atoms with van der Waals surface area (Å²) >= 11 is 0. The third-order valence-electron chi connectivity index (χ3n) is 3.62. The number of hydrogen-bond donors (Lipinski definition) is 2. The molecule has 1 unspecified atom stereocenters. The van der Waals surface area contributed by atoms with Crippen LogP contribution in [0.15, 0.2) is 59.6 Å². The van der Waals surface area contributed by atoms with Gasteiger partial charge in [0.15, 0.2) is 5.96 Å². The smallest absolute Gasteiger partial charge is 0.338 e. The van der Waals surface area contributed by atoms with Gasteiger partial charge in [-0.15, -0.1) is 0 Å². The van der Waals surface area contributed by atoms with Crippen molar-refractivity contribution in [2.75, 3.05) is 13.7 Å². The summed E-state index contributed by atoms with van der Waals surface area (Å²) in [5.74, 6) is -0.0221. The van der Waals surface area contributed by atoms with Gasteiger partial charge in [0.2, 0.25) is 0 Å². The van der Waals surface area contributed by atoms with Gasteiger partial charge in [0.25, 0.3) is 0 Å². The van der Waals surface area contributed by atoms with Crippen molar-refractivity contribution in [3.8, 4) is 0 Å². The van der Waals surface area contributed by atoms with E-state index in [0.717, 1.165) is 11.1 Å². The standard InChI is InChI=1S/C20H25N3O3/c1-15(13-25-2)23-20(21)22-12-17-9-6-10-18(11-17)19(24)26-14-16-7-4-3-5-8-16/h3-11,15H,12-14H2,1-2H3,(H3,21,22,23). The molecule has 2 rings (SSSR count). The minimum Gasteiger partial charge on any atom is -0.457 e. The largest absolute Gasteiger partial charge is 0.457 e. The maximum atomic E-state index is 12.2. The molecule has 0 aliphatic heterocycles. The Morgan fingerprint density at radius 3 is 2.62 bits per heavy atom. The van der Waals surface area contributed by atoms with Crippen LogP contribution in [0.5, 0.6) is 0 Å². The first kappa shape index (κ1) is 19.5. The molecule has 0 fully saturated rings. The quantitative estimate of drug-likeness (QED) is 0.432. The zero-order valence-corrected chi connectivity index (χ0v) is 15.1. The third-order valence-corrected chi connectivity index (χ3v) is 3.62. The zero-order valence-electron chi connectivity index (χ0n) is 15.1. The van der Waals surface area contributed by atoms with Gasteiger partial charge in [-0.2, -0.15) is 0 Å². The number of esters is 1. The van der Waals surface area contributed by atoms with E-state index < -0.39 is 0 Å². The molecule has 0 aromatic heterocycles. The number of carbonyl (C=O) groups excluding carboxylic acids is 1. The van der Waals surface area contributed by atoms with Crippen molar-refractivity contribution in [1.82, 2.24) is 5.32 Å². The molecule has 3 N–H and O–H groups in total. The average Bonchev–Trinajstić information content (AvgIpc) is 2.65. The van der Waals surface area contributed by atoms with Gasteiger partial charge in [-0.1, -0.05) is 42.5 Å². The first-order chi connectivity index (χ1) is 12.6. The third kappa shape index (κ3) is 6.57. The molecule has 1 atom stereocenters. The Kier molecular flexibility index (Phi) is 7.64. The van der Waals surface area contributed by atoms with E-state index in [1.165, 1.54) is 0 Å². The Morgan fingerprint density at radius 2 is 1.88 bits per heavy atom. The summed E-state index contributed by atoms with van der Waals surface area (Å²) < 4.78 is 10.4. The Balaban J connectivity index is 1.91. The number of nitrogens with one attached hydrogen (secondary N) is 1. The Morgan fingerprint density at radius 1 is 1.15 bits per heavy atom. The van der Waals surface area contributed by atoms with Crippen molar-refractivity contribution in [1.29, 1.82) is 0 Å². The van der Waals surface area contributed by atoms with Crippen molar-refractivity contribution in [2.24, 2.45) is 10.7 Å². The number of benzene rings is 2. The average molecular weight is 355 g/mol. The lowest BCUT2D eigenvalue weighted by molar-refractivity contribution is 0.0472. The fourth-order valence-electron chi connectivity index (χ4n) is 2.37. The van der Waals surface area contributed by atoms with Crippen molar-refractivity contribution in [3.05, 3.63) is 71.3 Å². The molecule has 26 heavy (non-hydrogen) atoms. The van der Waals surface area contributed by atoms with E-state index in [9.17, 15) is 4.79 Å². The van der Waals surface area contributed by atoms with Crippen LogP contribution < -0.4 is 11.1 Å². The van der Waals surface area contributed by atoms with Crippen LogP contribution >= 0.6 is 0 Å². The summed E-state index contributed by atoms with van der Waals surface area (Å²) in [6.07, 6.45) is 0. The molecular formula is C20H25N3O3. The molecule has 138 valence electrons. The number of nitrogens with two attached hydrogens (primary N) is 1. The summed E-state index contributed by atoms with van der Waals surface area (Å²) in [5.41, 5.74) is 8.18. The first-order valence-corrected chi connectivity index (χ1v) is 8.44. The number of ether oxygens (including phenoxy) is 2. The second kappa shape index (κ2) is 10.2. The van der Waals surface area contributed by atoms with Gasteiger partial charge in [-0.3, -0.25) is 0 Å². The molecule has 2 aromatic rings. The summed E-state index contributed by atoms with van der Waals surface area (Å²) in [7, 11) is 1.63. The number of hydrogen-bond acceptors (Lipinski definition) is 4. The number of carbonyl (C=O) groups is 1. The molecule has 0 aliphatic carbocycles. The van der Waals surface area contributed by atoms with Gasteiger partial charge < -0.3 is 20.5 Å². The summed E-state index contributed by atoms with van der Waals surface area (Å²) in [6.45, 7) is 3.11. The van der Waals surface area contributed by atoms with Gasteiger partial charge in [-0.05, 0) is 30.2 Å². The van der Waals surface area contributed by atoms with Gasteiger partial charge in [-0.25, -0.2) is 9.79 Å². The highest BCUT2D eigenvalue weighted by atomic mass is 16.5. The van der Waals surface area contributed by atoms with E-state index in [4.69, 9.17) is 15.2 Å². The van der Waals surface area contributed by atoms with E-state index in [0.29, 0.717) is 24.7 Å². The summed E-state index contributed by atoms with van der Waals surface area (Å²) in [4.78, 5) is 16.5. The SMILES string of the molecule is COCC(C)NC(N)=NCc1cccc(C(=O)OCc2ccccc2)c1. The predicted octanol–water partition coefficient (Wildman–Crippen LogP) is 2.48. The summed E-state index contributed by atoms with van der Waals surface area (Å²) in [5, 5.41) is 3.04. The molecular weight excluding hydrogens is 330 g/mol. The number of nitrogens with zero attached hydrogens (tertiary/aromatic N) is 1. The summed E-state index contributed by atoms with van der Waals surface area (Å²) in [6, 6.07) is 16.8.